The maximum absolute atomic E-state index is 12.6. The monoisotopic (exact) mass is 435 g/mol. The first-order valence-corrected chi connectivity index (χ1v) is 10.3. The van der Waals surface area contributed by atoms with E-state index >= 15 is 0 Å². The van der Waals surface area contributed by atoms with E-state index in [9.17, 15) is 9.59 Å². The average Bonchev–Trinajstić information content (AvgIpc) is 3.45. The number of aromatic amines is 1. The van der Waals surface area contributed by atoms with Crippen LogP contribution in [0.1, 0.15) is 27.6 Å². The number of nitrogens with one attached hydrogen (secondary N) is 2. The lowest BCUT2D eigenvalue weighted by molar-refractivity contribution is -0.121. The molecule has 2 N–H and O–H groups in total. The molecule has 2 aromatic heterocycles. The number of H-pyrrole nitrogens is 1. The molecule has 0 aliphatic heterocycles. The number of benzene rings is 2. The molecule has 158 valence electrons. The van der Waals surface area contributed by atoms with E-state index in [0.29, 0.717) is 11.6 Å². The highest BCUT2D eigenvalue weighted by Gasteiger charge is 2.22. The molecular weight excluding hydrogens is 414 g/mol. The smallest absolute Gasteiger partial charge is 0.289 e. The third-order valence-electron chi connectivity index (χ3n) is 5.24. The number of para-hydroxylation sites is 1. The molecule has 2 heterocycles. The number of amides is 2. The number of halogens is 1. The van der Waals surface area contributed by atoms with Crippen LogP contribution in [-0.2, 0) is 4.79 Å². The summed E-state index contributed by atoms with van der Waals surface area (Å²) in [5.41, 5.74) is 2.99. The Labute approximate surface area is 184 Å². The average molecular weight is 436 g/mol. The summed E-state index contributed by atoms with van der Waals surface area (Å²) in [7, 11) is 1.57. The number of furan rings is 1. The van der Waals surface area contributed by atoms with Crippen LogP contribution in [0.4, 0.5) is 0 Å². The van der Waals surface area contributed by atoms with E-state index in [1.165, 1.54) is 11.2 Å². The predicted molar refractivity (Wildman–Crippen MR) is 120 cm³/mol. The van der Waals surface area contributed by atoms with E-state index in [0.717, 1.165) is 22.0 Å². The number of carbonyl (C=O) groups excluding carboxylic acids is 2. The summed E-state index contributed by atoms with van der Waals surface area (Å²) < 4.78 is 5.12. The molecule has 0 bridgehead atoms. The second-order valence-electron chi connectivity index (χ2n) is 7.31. The van der Waals surface area contributed by atoms with Crippen LogP contribution < -0.4 is 5.32 Å². The molecule has 7 heteroatoms. The highest BCUT2D eigenvalue weighted by Crippen LogP contribution is 2.34. The van der Waals surface area contributed by atoms with Crippen molar-refractivity contribution in [2.75, 3.05) is 20.1 Å². The Balaban J connectivity index is 1.52. The van der Waals surface area contributed by atoms with Crippen molar-refractivity contribution in [3.63, 3.8) is 0 Å². The number of rotatable bonds is 7. The molecular formula is C24H22ClN3O3. The second kappa shape index (κ2) is 9.10. The van der Waals surface area contributed by atoms with Crippen LogP contribution in [-0.4, -0.2) is 41.8 Å². The molecule has 0 unspecified atom stereocenters. The van der Waals surface area contributed by atoms with Gasteiger partial charge in [-0.25, -0.2) is 0 Å². The van der Waals surface area contributed by atoms with Crippen molar-refractivity contribution in [1.82, 2.24) is 15.2 Å². The topological polar surface area (TPSA) is 78.3 Å². The molecule has 2 aromatic carbocycles. The lowest BCUT2D eigenvalue weighted by Gasteiger charge is -2.21. The maximum Gasteiger partial charge on any atom is 0.289 e. The molecule has 2 amide bonds. The summed E-state index contributed by atoms with van der Waals surface area (Å²) in [4.78, 5) is 29.5. The minimum atomic E-state index is -0.348. The van der Waals surface area contributed by atoms with Crippen LogP contribution in [0.2, 0.25) is 5.02 Å². The van der Waals surface area contributed by atoms with Gasteiger partial charge in [-0.3, -0.25) is 9.59 Å². The van der Waals surface area contributed by atoms with Crippen LogP contribution in [0.3, 0.4) is 0 Å². The molecule has 31 heavy (non-hydrogen) atoms. The maximum atomic E-state index is 12.6. The Morgan fingerprint density at radius 1 is 1.06 bits per heavy atom. The quantitative estimate of drug-likeness (QED) is 0.450. The summed E-state index contributed by atoms with van der Waals surface area (Å²) in [6.45, 7) is 0.260. The molecule has 1 atom stereocenters. The molecule has 0 spiro atoms. The highest BCUT2D eigenvalue weighted by atomic mass is 35.5. The van der Waals surface area contributed by atoms with Crippen LogP contribution in [0.5, 0.6) is 0 Å². The molecule has 0 radical (unpaired) electrons. The fourth-order valence-electron chi connectivity index (χ4n) is 3.67. The molecule has 4 aromatic rings. The SMILES string of the molecule is CN(CC(=O)NC[C@@H](c1ccccc1Cl)c1c[nH]c2ccccc12)C(=O)c1ccco1. The minimum absolute atomic E-state index is 0.0807. The number of fused-ring (bicyclic) bond motifs is 1. The molecule has 0 saturated carbocycles. The Hall–Kier alpha value is -3.51. The molecule has 0 fully saturated rings. The Bertz CT molecular complexity index is 1200. The fourth-order valence-corrected chi connectivity index (χ4v) is 3.94. The number of nitrogens with zero attached hydrogens (tertiary/aromatic N) is 1. The van der Waals surface area contributed by atoms with Crippen molar-refractivity contribution < 1.29 is 14.0 Å². The van der Waals surface area contributed by atoms with Crippen molar-refractivity contribution >= 4 is 34.3 Å². The molecule has 0 aliphatic rings. The van der Waals surface area contributed by atoms with Crippen LogP contribution in [0.25, 0.3) is 10.9 Å². The molecule has 4 rings (SSSR count). The zero-order chi connectivity index (χ0) is 21.8. The highest BCUT2D eigenvalue weighted by molar-refractivity contribution is 6.31. The first-order chi connectivity index (χ1) is 15.0. The van der Waals surface area contributed by atoms with Gasteiger partial charge in [0, 0.05) is 41.6 Å². The fraction of sp³-hybridized carbons (Fsp3) is 0.167. The van der Waals surface area contributed by atoms with E-state index in [1.807, 2.05) is 54.7 Å². The number of hydrogen-bond donors (Lipinski definition) is 2. The summed E-state index contributed by atoms with van der Waals surface area (Å²) in [5.74, 6) is -0.568. The Kier molecular flexibility index (Phi) is 6.09. The zero-order valence-electron chi connectivity index (χ0n) is 17.0. The number of hydrogen-bond acceptors (Lipinski definition) is 3. The number of carbonyl (C=O) groups is 2. The van der Waals surface area contributed by atoms with Crippen molar-refractivity contribution in [3.05, 3.63) is 95.0 Å². The third-order valence-corrected chi connectivity index (χ3v) is 5.58. The normalized spacial score (nSPS) is 11.9. The van der Waals surface area contributed by atoms with Crippen molar-refractivity contribution in [3.8, 4) is 0 Å². The number of likely N-dealkylation sites (N-methyl/N-ethyl adjacent to an activating group) is 1. The minimum Gasteiger partial charge on any atom is -0.459 e. The third kappa shape index (κ3) is 4.49. The van der Waals surface area contributed by atoms with Crippen molar-refractivity contribution in [2.24, 2.45) is 0 Å². The summed E-state index contributed by atoms with van der Waals surface area (Å²) in [5, 5.41) is 4.67. The lowest BCUT2D eigenvalue weighted by atomic mass is 9.90. The number of aromatic nitrogens is 1. The second-order valence-corrected chi connectivity index (χ2v) is 7.71. The van der Waals surface area contributed by atoms with E-state index in [1.54, 1.807) is 19.2 Å². The van der Waals surface area contributed by atoms with E-state index < -0.39 is 0 Å². The molecule has 0 aliphatic carbocycles. The van der Waals surface area contributed by atoms with Gasteiger partial charge >= 0.3 is 0 Å². The van der Waals surface area contributed by atoms with Gasteiger partial charge in [0.2, 0.25) is 5.91 Å². The predicted octanol–water partition coefficient (Wildman–Crippen LogP) is 4.43. The largest absolute Gasteiger partial charge is 0.459 e. The summed E-state index contributed by atoms with van der Waals surface area (Å²) >= 11 is 6.50. The Morgan fingerprint density at radius 3 is 2.61 bits per heavy atom. The van der Waals surface area contributed by atoms with Gasteiger partial charge in [-0.1, -0.05) is 48.0 Å². The first-order valence-electron chi connectivity index (χ1n) is 9.90. The lowest BCUT2D eigenvalue weighted by Crippen LogP contribution is -2.39. The van der Waals surface area contributed by atoms with Crippen LogP contribution in [0.15, 0.2) is 77.5 Å². The van der Waals surface area contributed by atoms with Gasteiger partial charge in [0.05, 0.1) is 12.8 Å². The Morgan fingerprint density at radius 2 is 1.84 bits per heavy atom. The summed E-state index contributed by atoms with van der Waals surface area (Å²) in [6, 6.07) is 18.8. The van der Waals surface area contributed by atoms with Gasteiger partial charge in [0.15, 0.2) is 5.76 Å². The van der Waals surface area contributed by atoms with E-state index in [2.05, 4.69) is 10.3 Å². The van der Waals surface area contributed by atoms with Gasteiger partial charge in [0.1, 0.15) is 0 Å². The zero-order valence-corrected chi connectivity index (χ0v) is 17.7. The van der Waals surface area contributed by atoms with Gasteiger partial charge in [-0.2, -0.15) is 0 Å². The summed E-state index contributed by atoms with van der Waals surface area (Å²) in [6.07, 6.45) is 3.38. The first kappa shape index (κ1) is 20.8. The molecule has 6 nitrogen and oxygen atoms in total. The van der Waals surface area contributed by atoms with Crippen LogP contribution >= 0.6 is 11.6 Å². The van der Waals surface area contributed by atoms with Crippen LogP contribution in [0, 0.1) is 0 Å². The van der Waals surface area contributed by atoms with Gasteiger partial charge in [-0.05, 0) is 35.4 Å². The standard InChI is InChI=1S/C24H22ClN3O3/c1-28(24(30)22-11-6-12-31-22)15-23(29)27-14-18(16-7-2-4-9-20(16)25)19-13-26-21-10-5-3-8-17(19)21/h2-13,18,26H,14-15H2,1H3,(H,27,29)/t18-/m0/s1. The van der Waals surface area contributed by atoms with Crippen molar-refractivity contribution in [2.45, 2.75) is 5.92 Å². The van der Waals surface area contributed by atoms with Gasteiger partial charge < -0.3 is 19.6 Å². The molecule has 0 saturated heterocycles. The van der Waals surface area contributed by atoms with Gasteiger partial charge in [0.25, 0.3) is 5.91 Å². The van der Waals surface area contributed by atoms with E-state index in [-0.39, 0.29) is 30.0 Å². The van der Waals surface area contributed by atoms with Gasteiger partial charge in [-0.15, -0.1) is 0 Å². The van der Waals surface area contributed by atoms with E-state index in [4.69, 9.17) is 16.0 Å². The van der Waals surface area contributed by atoms with Crippen molar-refractivity contribution in [1.29, 1.82) is 0 Å².